The first-order valence-corrected chi connectivity index (χ1v) is 5.10. The van der Waals surface area contributed by atoms with Crippen LogP contribution in [0.2, 0.25) is 0 Å². The lowest BCUT2D eigenvalue weighted by Gasteiger charge is -1.95. The van der Waals surface area contributed by atoms with Gasteiger partial charge < -0.3 is 0 Å². The second-order valence-electron chi connectivity index (χ2n) is 2.41. The van der Waals surface area contributed by atoms with Gasteiger partial charge in [-0.2, -0.15) is 0 Å². The molecule has 0 heterocycles. The van der Waals surface area contributed by atoms with Gasteiger partial charge in [-0.15, -0.1) is 0 Å². The molecule has 3 nitrogen and oxygen atoms in total. The summed E-state index contributed by atoms with van der Waals surface area (Å²) < 4.78 is 0. The average molecular weight is 220 g/mol. The zero-order chi connectivity index (χ0) is 8.36. The van der Waals surface area contributed by atoms with Crippen molar-refractivity contribution in [1.29, 1.82) is 0 Å². The maximum absolute atomic E-state index is 7.96. The van der Waals surface area contributed by atoms with Crippen LogP contribution in [-0.2, 0) is 0 Å². The van der Waals surface area contributed by atoms with Gasteiger partial charge in [-0.05, 0) is 18.4 Å². The van der Waals surface area contributed by atoms with Crippen LogP contribution < -0.4 is 0 Å². The maximum Gasteiger partial charge on any atom is 0.0257 e. The van der Waals surface area contributed by atoms with E-state index >= 15 is 0 Å². The Morgan fingerprint density at radius 3 is 2.36 bits per heavy atom. The molecule has 11 heavy (non-hydrogen) atoms. The highest BCUT2D eigenvalue weighted by atomic mass is 79.9. The number of unbranched alkanes of at least 4 members (excludes halogenated alkanes) is 4. The predicted molar refractivity (Wildman–Crippen MR) is 50.9 cm³/mol. The van der Waals surface area contributed by atoms with E-state index in [4.69, 9.17) is 5.53 Å². The van der Waals surface area contributed by atoms with Crippen molar-refractivity contribution in [2.24, 2.45) is 5.11 Å². The van der Waals surface area contributed by atoms with Gasteiger partial charge in [0, 0.05) is 16.8 Å². The molecule has 0 saturated carbocycles. The molecule has 0 aromatic rings. The molecule has 0 spiro atoms. The van der Waals surface area contributed by atoms with Crippen molar-refractivity contribution >= 4 is 15.9 Å². The highest BCUT2D eigenvalue weighted by molar-refractivity contribution is 9.09. The monoisotopic (exact) mass is 219 g/mol. The first-order valence-electron chi connectivity index (χ1n) is 3.98. The third-order valence-corrected chi connectivity index (χ3v) is 2.02. The molecular formula is C7H14BrN3. The lowest BCUT2D eigenvalue weighted by atomic mass is 10.2. The lowest BCUT2D eigenvalue weighted by Crippen LogP contribution is -1.82. The average Bonchev–Trinajstić information content (AvgIpc) is 2.03. The summed E-state index contributed by atoms with van der Waals surface area (Å²) in [4.78, 5) is 2.69. The van der Waals surface area contributed by atoms with Gasteiger partial charge in [0.25, 0.3) is 0 Å². The highest BCUT2D eigenvalue weighted by Crippen LogP contribution is 2.04. The third kappa shape index (κ3) is 9.79. The van der Waals surface area contributed by atoms with Gasteiger partial charge in [0.05, 0.1) is 0 Å². The van der Waals surface area contributed by atoms with Crippen LogP contribution in [-0.4, -0.2) is 11.9 Å². The number of halogens is 1. The van der Waals surface area contributed by atoms with Gasteiger partial charge in [0.2, 0.25) is 0 Å². The Bertz CT molecular complexity index is 121. The van der Waals surface area contributed by atoms with E-state index in [-0.39, 0.29) is 0 Å². The molecule has 0 aliphatic heterocycles. The summed E-state index contributed by atoms with van der Waals surface area (Å²) in [6.45, 7) is 0.658. The minimum absolute atomic E-state index is 0.658. The van der Waals surface area contributed by atoms with Crippen molar-refractivity contribution in [3.8, 4) is 0 Å². The normalized spacial score (nSPS) is 9.18. The Morgan fingerprint density at radius 1 is 1.09 bits per heavy atom. The van der Waals surface area contributed by atoms with Crippen molar-refractivity contribution in [2.45, 2.75) is 32.1 Å². The smallest absolute Gasteiger partial charge is 0.0257 e. The van der Waals surface area contributed by atoms with Crippen LogP contribution >= 0.6 is 15.9 Å². The Labute approximate surface area is 75.9 Å². The predicted octanol–water partition coefficient (Wildman–Crippen LogP) is 3.64. The van der Waals surface area contributed by atoms with Crippen molar-refractivity contribution < 1.29 is 0 Å². The maximum atomic E-state index is 7.96. The van der Waals surface area contributed by atoms with E-state index in [1.807, 2.05) is 0 Å². The van der Waals surface area contributed by atoms with E-state index < -0.39 is 0 Å². The van der Waals surface area contributed by atoms with Crippen LogP contribution in [0, 0.1) is 0 Å². The molecule has 0 atom stereocenters. The molecule has 64 valence electrons. The Kier molecular flexibility index (Phi) is 9.60. The Morgan fingerprint density at radius 2 is 1.73 bits per heavy atom. The van der Waals surface area contributed by atoms with Crippen LogP contribution in [0.25, 0.3) is 10.4 Å². The summed E-state index contributed by atoms with van der Waals surface area (Å²) >= 11 is 3.38. The summed E-state index contributed by atoms with van der Waals surface area (Å²) in [7, 11) is 0. The molecule has 0 aliphatic carbocycles. The standard InChI is InChI=1S/C7H14BrN3/c8-6-4-2-1-3-5-7-10-11-9/h1-7H2. The summed E-state index contributed by atoms with van der Waals surface area (Å²) in [5.41, 5.74) is 7.96. The molecule has 0 bridgehead atoms. The highest BCUT2D eigenvalue weighted by Gasteiger charge is 1.87. The van der Waals surface area contributed by atoms with E-state index in [1.165, 1.54) is 25.7 Å². The second-order valence-corrected chi connectivity index (χ2v) is 3.20. The van der Waals surface area contributed by atoms with Crippen LogP contribution in [0.4, 0.5) is 0 Å². The lowest BCUT2D eigenvalue weighted by molar-refractivity contribution is 0.641. The SMILES string of the molecule is [N-]=[N+]=NCCCCCCCBr. The Hall–Kier alpha value is -0.210. The molecular weight excluding hydrogens is 206 g/mol. The topological polar surface area (TPSA) is 48.8 Å². The molecule has 0 unspecified atom stereocenters. The minimum Gasteiger partial charge on any atom is -0.0940 e. The molecule has 0 aliphatic rings. The number of nitrogens with zero attached hydrogens (tertiary/aromatic N) is 3. The van der Waals surface area contributed by atoms with Gasteiger partial charge in [-0.3, -0.25) is 0 Å². The third-order valence-electron chi connectivity index (χ3n) is 1.45. The number of rotatable bonds is 7. The van der Waals surface area contributed by atoms with Crippen LogP contribution in [0.3, 0.4) is 0 Å². The summed E-state index contributed by atoms with van der Waals surface area (Å²) in [6, 6.07) is 0. The van der Waals surface area contributed by atoms with Crippen molar-refractivity contribution in [1.82, 2.24) is 0 Å². The zero-order valence-corrected chi connectivity index (χ0v) is 8.26. The van der Waals surface area contributed by atoms with Crippen LogP contribution in [0.1, 0.15) is 32.1 Å². The van der Waals surface area contributed by atoms with Gasteiger partial charge in [-0.1, -0.05) is 40.3 Å². The van der Waals surface area contributed by atoms with E-state index in [1.54, 1.807) is 0 Å². The molecule has 0 aromatic heterocycles. The molecule has 0 saturated heterocycles. The molecule has 0 rings (SSSR count). The van der Waals surface area contributed by atoms with Gasteiger partial charge in [0.15, 0.2) is 0 Å². The van der Waals surface area contributed by atoms with Crippen LogP contribution in [0.15, 0.2) is 5.11 Å². The van der Waals surface area contributed by atoms with Crippen molar-refractivity contribution in [3.05, 3.63) is 10.4 Å². The zero-order valence-electron chi connectivity index (χ0n) is 6.67. The van der Waals surface area contributed by atoms with E-state index in [2.05, 4.69) is 26.0 Å². The van der Waals surface area contributed by atoms with Crippen molar-refractivity contribution in [2.75, 3.05) is 11.9 Å². The summed E-state index contributed by atoms with van der Waals surface area (Å²) in [5.74, 6) is 0. The fourth-order valence-corrected chi connectivity index (χ4v) is 1.25. The van der Waals surface area contributed by atoms with E-state index in [0.29, 0.717) is 6.54 Å². The Balaban J connectivity index is 2.84. The fourth-order valence-electron chi connectivity index (χ4n) is 0.852. The molecule has 4 heteroatoms. The first kappa shape index (κ1) is 10.8. The molecule has 0 radical (unpaired) electrons. The first-order chi connectivity index (χ1) is 5.41. The second kappa shape index (κ2) is 9.79. The van der Waals surface area contributed by atoms with Gasteiger partial charge in [-0.25, -0.2) is 0 Å². The van der Waals surface area contributed by atoms with E-state index in [0.717, 1.165) is 11.8 Å². The number of azide groups is 1. The summed E-state index contributed by atoms with van der Waals surface area (Å²) in [5, 5.41) is 4.56. The molecule has 0 fully saturated rings. The fraction of sp³-hybridized carbons (Fsp3) is 1.00. The van der Waals surface area contributed by atoms with Crippen LogP contribution in [0.5, 0.6) is 0 Å². The number of alkyl halides is 1. The van der Waals surface area contributed by atoms with Gasteiger partial charge in [0.1, 0.15) is 0 Å². The quantitative estimate of drug-likeness (QED) is 0.207. The minimum atomic E-state index is 0.658. The largest absolute Gasteiger partial charge is 0.0940 e. The number of hydrogen-bond acceptors (Lipinski definition) is 1. The molecule has 0 aromatic carbocycles. The summed E-state index contributed by atoms with van der Waals surface area (Å²) in [6.07, 6.45) is 6.01. The van der Waals surface area contributed by atoms with Gasteiger partial charge >= 0.3 is 0 Å². The van der Waals surface area contributed by atoms with E-state index in [9.17, 15) is 0 Å². The molecule has 0 amide bonds. The molecule has 0 N–H and O–H groups in total. The number of hydrogen-bond donors (Lipinski definition) is 0. The van der Waals surface area contributed by atoms with Crippen molar-refractivity contribution in [3.63, 3.8) is 0 Å².